The zero-order valence-corrected chi connectivity index (χ0v) is 14.6. The Morgan fingerprint density at radius 3 is 2.96 bits per heavy atom. The number of carbonyl (C=O) groups excluding carboxylic acids is 1. The van der Waals surface area contributed by atoms with E-state index in [1.165, 1.54) is 6.39 Å². The minimum absolute atomic E-state index is 0.0700. The minimum Gasteiger partial charge on any atom is -0.468 e. The number of methoxy groups -OCH3 is 1. The van der Waals surface area contributed by atoms with Gasteiger partial charge in [-0.05, 0) is 25.5 Å². The number of oxazole rings is 1. The van der Waals surface area contributed by atoms with Crippen molar-refractivity contribution in [1.29, 1.82) is 0 Å². The van der Waals surface area contributed by atoms with Crippen molar-refractivity contribution in [3.8, 4) is 0 Å². The fourth-order valence-electron chi connectivity index (χ4n) is 4.17. The fourth-order valence-corrected chi connectivity index (χ4v) is 4.17. The van der Waals surface area contributed by atoms with Gasteiger partial charge in [0, 0.05) is 32.7 Å². The number of hydrogen-bond acceptors (Lipinski definition) is 6. The molecule has 0 spiro atoms. The first-order valence-electron chi connectivity index (χ1n) is 8.66. The summed E-state index contributed by atoms with van der Waals surface area (Å²) in [5.74, 6) is 1.51. The van der Waals surface area contributed by atoms with Gasteiger partial charge in [-0.25, -0.2) is 4.98 Å². The van der Waals surface area contributed by atoms with Gasteiger partial charge in [-0.3, -0.25) is 9.69 Å². The molecule has 2 aromatic heterocycles. The third-order valence-electron chi connectivity index (χ3n) is 5.40. The second-order valence-electron chi connectivity index (χ2n) is 6.83. The fraction of sp³-hybridized carbons (Fsp3) is 0.556. The first kappa shape index (κ1) is 16.4. The number of amides is 1. The Balaban J connectivity index is 1.54. The monoisotopic (exact) mass is 345 g/mol. The average molecular weight is 345 g/mol. The van der Waals surface area contributed by atoms with Crippen LogP contribution in [0.15, 0.2) is 33.6 Å². The van der Waals surface area contributed by atoms with Gasteiger partial charge in [0.05, 0.1) is 30.6 Å². The summed E-state index contributed by atoms with van der Waals surface area (Å²) in [6.07, 6.45) is 4.04. The lowest BCUT2D eigenvalue weighted by Crippen LogP contribution is -2.53. The van der Waals surface area contributed by atoms with Crippen LogP contribution in [0.5, 0.6) is 0 Å². The number of carbonyl (C=O) groups is 1. The molecule has 134 valence electrons. The van der Waals surface area contributed by atoms with E-state index in [0.717, 1.165) is 31.8 Å². The number of fused-ring (bicyclic) bond motifs is 1. The number of furan rings is 1. The van der Waals surface area contributed by atoms with Crippen LogP contribution in [0.1, 0.15) is 28.4 Å². The Morgan fingerprint density at radius 1 is 1.40 bits per heavy atom. The topological polar surface area (TPSA) is 72.0 Å². The summed E-state index contributed by atoms with van der Waals surface area (Å²) >= 11 is 0. The Morgan fingerprint density at radius 2 is 2.28 bits per heavy atom. The van der Waals surface area contributed by atoms with Crippen LogP contribution in [-0.2, 0) is 11.3 Å². The predicted octanol–water partition coefficient (Wildman–Crippen LogP) is 1.94. The molecule has 2 saturated heterocycles. The van der Waals surface area contributed by atoms with Crippen LogP contribution in [0.25, 0.3) is 0 Å². The molecule has 0 N–H and O–H groups in total. The maximum absolute atomic E-state index is 13.0. The molecule has 0 unspecified atom stereocenters. The standard InChI is InChI=1S/C18H23N3O4/c1-12-17(25-11-19-12)18(22)21-6-5-16(23-2)14-9-20(10-15(14)21)8-13-4-3-7-24-13/h3-4,7,11,14-16H,5-6,8-10H2,1-2H3/t14-,15+,16+/m0/s1. The summed E-state index contributed by atoms with van der Waals surface area (Å²) in [4.78, 5) is 21.3. The Hall–Kier alpha value is -2.12. The molecule has 7 nitrogen and oxygen atoms in total. The summed E-state index contributed by atoms with van der Waals surface area (Å²) in [5.41, 5.74) is 0.640. The van der Waals surface area contributed by atoms with Crippen molar-refractivity contribution in [2.45, 2.75) is 32.0 Å². The SMILES string of the molecule is CO[C@@H]1CCN(C(=O)c2ocnc2C)[C@@H]2CN(Cc3ccco3)C[C@@H]21. The van der Waals surface area contributed by atoms with Crippen molar-refractivity contribution in [3.63, 3.8) is 0 Å². The van der Waals surface area contributed by atoms with Crippen molar-refractivity contribution < 1.29 is 18.4 Å². The third-order valence-corrected chi connectivity index (χ3v) is 5.40. The van der Waals surface area contributed by atoms with Crippen molar-refractivity contribution in [3.05, 3.63) is 42.0 Å². The molecule has 2 aliphatic rings. The Bertz CT molecular complexity index is 727. The molecular weight excluding hydrogens is 322 g/mol. The maximum atomic E-state index is 13.0. The quantitative estimate of drug-likeness (QED) is 0.843. The number of nitrogens with zero attached hydrogens (tertiary/aromatic N) is 3. The summed E-state index contributed by atoms with van der Waals surface area (Å²) in [6, 6.07) is 4.00. The number of aryl methyl sites for hydroxylation is 1. The van der Waals surface area contributed by atoms with E-state index in [4.69, 9.17) is 13.6 Å². The number of hydrogen-bond donors (Lipinski definition) is 0. The highest BCUT2D eigenvalue weighted by Crippen LogP contribution is 2.34. The predicted molar refractivity (Wildman–Crippen MR) is 89.0 cm³/mol. The average Bonchev–Trinajstić information content (AvgIpc) is 3.34. The third kappa shape index (κ3) is 2.98. The molecule has 0 saturated carbocycles. The molecule has 0 aliphatic carbocycles. The molecular formula is C18H23N3O4. The lowest BCUT2D eigenvalue weighted by Gasteiger charge is -2.40. The smallest absolute Gasteiger partial charge is 0.291 e. The Kier molecular flexibility index (Phi) is 4.35. The molecule has 0 bridgehead atoms. The molecule has 2 fully saturated rings. The van der Waals surface area contributed by atoms with Crippen LogP contribution in [-0.4, -0.2) is 59.6 Å². The van der Waals surface area contributed by atoms with E-state index in [1.807, 2.05) is 17.0 Å². The van der Waals surface area contributed by atoms with Crippen molar-refractivity contribution >= 4 is 5.91 Å². The Labute approximate surface area is 146 Å². The van der Waals surface area contributed by atoms with Gasteiger partial charge in [0.2, 0.25) is 5.76 Å². The van der Waals surface area contributed by atoms with E-state index in [-0.39, 0.29) is 18.1 Å². The number of likely N-dealkylation sites (tertiary alicyclic amines) is 2. The van der Waals surface area contributed by atoms with E-state index in [0.29, 0.717) is 23.9 Å². The van der Waals surface area contributed by atoms with Gasteiger partial charge in [0.25, 0.3) is 5.91 Å². The number of rotatable bonds is 4. The first-order chi connectivity index (χ1) is 12.2. The van der Waals surface area contributed by atoms with Gasteiger partial charge in [-0.1, -0.05) is 0 Å². The van der Waals surface area contributed by atoms with Crippen molar-refractivity contribution in [2.24, 2.45) is 5.92 Å². The minimum atomic E-state index is -0.0700. The summed E-state index contributed by atoms with van der Waals surface area (Å²) < 4.78 is 16.5. The van der Waals surface area contributed by atoms with E-state index in [2.05, 4.69) is 9.88 Å². The van der Waals surface area contributed by atoms with E-state index < -0.39 is 0 Å². The zero-order chi connectivity index (χ0) is 17.4. The number of piperidine rings is 1. The molecule has 2 aliphatic heterocycles. The zero-order valence-electron chi connectivity index (χ0n) is 14.6. The molecule has 2 aromatic rings. The lowest BCUT2D eigenvalue weighted by molar-refractivity contribution is -0.0166. The lowest BCUT2D eigenvalue weighted by atomic mass is 9.88. The molecule has 25 heavy (non-hydrogen) atoms. The van der Waals surface area contributed by atoms with Crippen LogP contribution in [0.3, 0.4) is 0 Å². The second kappa shape index (κ2) is 6.65. The molecule has 0 aromatic carbocycles. The normalized spacial score (nSPS) is 26.8. The number of ether oxygens (including phenoxy) is 1. The van der Waals surface area contributed by atoms with Crippen molar-refractivity contribution in [1.82, 2.24) is 14.8 Å². The van der Waals surface area contributed by atoms with Gasteiger partial charge in [-0.2, -0.15) is 0 Å². The molecule has 3 atom stereocenters. The highest BCUT2D eigenvalue weighted by atomic mass is 16.5. The highest BCUT2D eigenvalue weighted by Gasteiger charge is 2.46. The van der Waals surface area contributed by atoms with Crippen LogP contribution in [0, 0.1) is 12.8 Å². The summed E-state index contributed by atoms with van der Waals surface area (Å²) in [5, 5.41) is 0. The van der Waals surface area contributed by atoms with Crippen LogP contribution in [0.2, 0.25) is 0 Å². The maximum Gasteiger partial charge on any atom is 0.291 e. The van der Waals surface area contributed by atoms with Crippen LogP contribution >= 0.6 is 0 Å². The van der Waals surface area contributed by atoms with Crippen molar-refractivity contribution in [2.75, 3.05) is 26.7 Å². The second-order valence-corrected chi connectivity index (χ2v) is 6.83. The van der Waals surface area contributed by atoms with Gasteiger partial charge in [0.15, 0.2) is 6.39 Å². The van der Waals surface area contributed by atoms with E-state index >= 15 is 0 Å². The molecule has 1 amide bonds. The number of aromatic nitrogens is 1. The van der Waals surface area contributed by atoms with Gasteiger partial charge < -0.3 is 18.5 Å². The molecule has 0 radical (unpaired) electrons. The largest absolute Gasteiger partial charge is 0.468 e. The molecule has 4 rings (SSSR count). The van der Waals surface area contributed by atoms with Gasteiger partial charge in [0.1, 0.15) is 5.76 Å². The van der Waals surface area contributed by atoms with Crippen LogP contribution in [0.4, 0.5) is 0 Å². The van der Waals surface area contributed by atoms with Crippen LogP contribution < -0.4 is 0 Å². The van der Waals surface area contributed by atoms with Gasteiger partial charge >= 0.3 is 0 Å². The van der Waals surface area contributed by atoms with Gasteiger partial charge in [-0.15, -0.1) is 0 Å². The molecule has 7 heteroatoms. The summed E-state index contributed by atoms with van der Waals surface area (Å²) in [6.45, 7) is 4.92. The summed E-state index contributed by atoms with van der Waals surface area (Å²) in [7, 11) is 1.76. The van der Waals surface area contributed by atoms with E-state index in [1.54, 1.807) is 20.3 Å². The highest BCUT2D eigenvalue weighted by molar-refractivity contribution is 5.92. The van der Waals surface area contributed by atoms with E-state index in [9.17, 15) is 4.79 Å². The first-order valence-corrected chi connectivity index (χ1v) is 8.66. The molecule has 4 heterocycles.